The molecule has 0 unspecified atom stereocenters. The Hall–Kier alpha value is -3.40. The highest BCUT2D eigenvalue weighted by atomic mass is 16.2. The van der Waals surface area contributed by atoms with E-state index in [1.807, 2.05) is 0 Å². The molecule has 0 bridgehead atoms. The molecular formula is C26H24N2O2. The maximum atomic E-state index is 12.9. The molecule has 0 spiro atoms. The van der Waals surface area contributed by atoms with Gasteiger partial charge in [0.2, 0.25) is 11.8 Å². The average molecular weight is 407 g/mol. The van der Waals surface area contributed by atoms with Gasteiger partial charge in [-0.15, -0.1) is 0 Å². The molecule has 3 aromatic rings. The minimum atomic E-state index is -0.580. The second-order valence-electron chi connectivity index (χ2n) is 7.18. The number of hydrogen-bond donors (Lipinski definition) is 0. The number of carbonyl (C=O) groups is 2. The summed E-state index contributed by atoms with van der Waals surface area (Å²) in [5.41, 5.74) is 0.218. The lowest BCUT2D eigenvalue weighted by Gasteiger charge is -2.26. The van der Waals surface area contributed by atoms with Gasteiger partial charge in [-0.25, -0.2) is 0 Å². The molecule has 0 atom stereocenters. The predicted octanol–water partition coefficient (Wildman–Crippen LogP) is 5.27. The monoisotopic (exact) mass is 406 g/mol. The van der Waals surface area contributed by atoms with Crippen LogP contribution in [-0.2, 0) is 9.59 Å². The van der Waals surface area contributed by atoms with Gasteiger partial charge in [0, 0.05) is 37.1 Å². The summed E-state index contributed by atoms with van der Waals surface area (Å²) < 4.78 is 83.1. The minimum absolute atomic E-state index is 0.109. The highest BCUT2D eigenvalue weighted by molar-refractivity contribution is 6.05. The Morgan fingerprint density at radius 3 is 1.37 bits per heavy atom. The van der Waals surface area contributed by atoms with E-state index < -0.39 is 60.4 Å². The van der Waals surface area contributed by atoms with Crippen molar-refractivity contribution in [3.63, 3.8) is 0 Å². The van der Waals surface area contributed by atoms with Crippen LogP contribution in [0.5, 0.6) is 0 Å². The fraction of sp³-hybridized carbons (Fsp3) is 0.231. The van der Waals surface area contributed by atoms with Crippen LogP contribution in [0, 0.1) is 0 Å². The molecule has 5 rings (SSSR count). The highest BCUT2D eigenvalue weighted by Gasteiger charge is 2.29. The van der Waals surface area contributed by atoms with Gasteiger partial charge in [0.05, 0.1) is 25.1 Å². The summed E-state index contributed by atoms with van der Waals surface area (Å²) in [6, 6.07) is -2.52. The molecule has 0 saturated carbocycles. The van der Waals surface area contributed by atoms with E-state index in [1.165, 1.54) is 21.9 Å². The molecule has 0 aliphatic carbocycles. The van der Waals surface area contributed by atoms with Gasteiger partial charge >= 0.3 is 0 Å². The van der Waals surface area contributed by atoms with Crippen LogP contribution in [0.1, 0.15) is 39.4 Å². The largest absolute Gasteiger partial charge is 0.312 e. The second kappa shape index (κ2) is 7.79. The lowest BCUT2D eigenvalue weighted by molar-refractivity contribution is -0.117. The van der Waals surface area contributed by atoms with Crippen molar-refractivity contribution >= 4 is 23.2 Å². The maximum Gasteiger partial charge on any atom is 0.227 e. The van der Waals surface area contributed by atoms with Crippen LogP contribution in [0.15, 0.2) is 72.6 Å². The van der Waals surface area contributed by atoms with Gasteiger partial charge in [-0.3, -0.25) is 9.59 Å². The zero-order valence-electron chi connectivity index (χ0n) is 26.1. The molecule has 0 radical (unpaired) electrons. The van der Waals surface area contributed by atoms with Crippen LogP contribution in [0.3, 0.4) is 0 Å². The van der Waals surface area contributed by atoms with Crippen molar-refractivity contribution in [2.24, 2.45) is 0 Å². The number of hydrogen-bond acceptors (Lipinski definition) is 2. The topological polar surface area (TPSA) is 40.6 Å². The van der Waals surface area contributed by atoms with E-state index in [2.05, 4.69) is 0 Å². The first-order chi connectivity index (χ1) is 18.9. The Morgan fingerprint density at radius 1 is 0.633 bits per heavy atom. The maximum absolute atomic E-state index is 12.9. The quantitative estimate of drug-likeness (QED) is 0.592. The third kappa shape index (κ3) is 3.28. The number of carbonyl (C=O) groups excluding carboxylic acids is 2. The van der Waals surface area contributed by atoms with Gasteiger partial charge in [-0.2, -0.15) is 0 Å². The van der Waals surface area contributed by atoms with Gasteiger partial charge < -0.3 is 9.80 Å². The molecule has 2 aliphatic rings. The molecule has 2 amide bonds. The smallest absolute Gasteiger partial charge is 0.227 e. The number of benzene rings is 3. The van der Waals surface area contributed by atoms with Crippen molar-refractivity contribution < 1.29 is 23.3 Å². The summed E-state index contributed by atoms with van der Waals surface area (Å²) in [5.74, 6) is -0.545. The lowest BCUT2D eigenvalue weighted by atomic mass is 9.95. The molecule has 2 saturated heterocycles. The molecule has 2 heterocycles. The predicted molar refractivity (Wildman–Crippen MR) is 120 cm³/mol. The zero-order valence-corrected chi connectivity index (χ0v) is 16.1. The van der Waals surface area contributed by atoms with Crippen molar-refractivity contribution in [3.05, 3.63) is 72.6 Å². The molecule has 2 aliphatic heterocycles. The summed E-state index contributed by atoms with van der Waals surface area (Å²) in [7, 11) is 0. The first-order valence-corrected chi connectivity index (χ1v) is 9.80. The second-order valence-corrected chi connectivity index (χ2v) is 7.18. The van der Waals surface area contributed by atoms with Crippen LogP contribution in [0.4, 0.5) is 11.4 Å². The third-order valence-corrected chi connectivity index (χ3v) is 5.38. The van der Waals surface area contributed by atoms with E-state index in [0.717, 1.165) is 0 Å². The number of amides is 2. The molecule has 4 heteroatoms. The van der Waals surface area contributed by atoms with Crippen LogP contribution >= 0.6 is 0 Å². The van der Waals surface area contributed by atoms with Crippen molar-refractivity contribution in [1.82, 2.24) is 0 Å². The molecule has 150 valence electrons. The molecule has 2 fully saturated rings. The normalized spacial score (nSPS) is 21.2. The first-order valence-electron chi connectivity index (χ1n) is 14.8. The third-order valence-electron chi connectivity index (χ3n) is 5.38. The van der Waals surface area contributed by atoms with Gasteiger partial charge in [0.1, 0.15) is 0 Å². The van der Waals surface area contributed by atoms with Crippen LogP contribution < -0.4 is 9.80 Å². The molecule has 4 nitrogen and oxygen atoms in total. The van der Waals surface area contributed by atoms with Crippen LogP contribution in [0.25, 0.3) is 22.3 Å². The van der Waals surface area contributed by atoms with E-state index in [-0.39, 0.29) is 71.4 Å². The highest BCUT2D eigenvalue weighted by Crippen LogP contribution is 2.43. The van der Waals surface area contributed by atoms with E-state index >= 15 is 0 Å². The fourth-order valence-corrected chi connectivity index (χ4v) is 4.00. The van der Waals surface area contributed by atoms with Crippen molar-refractivity contribution in [3.8, 4) is 22.3 Å². The van der Waals surface area contributed by atoms with Gasteiger partial charge in [-0.1, -0.05) is 60.4 Å². The first kappa shape index (κ1) is 10.6. The van der Waals surface area contributed by atoms with E-state index in [9.17, 15) is 9.59 Å². The standard InChI is InChI=1S/C26H24N2O2/c29-25-13-7-15-27(25)23-18-22(20-11-5-2-6-12-20)24(28-16-8-14-26(28)30)17-21(23)19-9-3-1-4-10-19/h1-6,9-12,17-18H,7-8,13-16H2/i1D,2D,3D,4D,5D,6D,9D,10D,11D,12D. The van der Waals surface area contributed by atoms with Crippen molar-refractivity contribution in [2.45, 2.75) is 25.7 Å². The number of nitrogens with zero attached hydrogens (tertiary/aromatic N) is 2. The van der Waals surface area contributed by atoms with Crippen molar-refractivity contribution in [1.29, 1.82) is 0 Å². The Bertz CT molecular complexity index is 1450. The summed E-state index contributed by atoms with van der Waals surface area (Å²) in [6.45, 7) is 0.541. The van der Waals surface area contributed by atoms with Gasteiger partial charge in [-0.05, 0) is 36.1 Å². The Balaban J connectivity index is 1.95. The average Bonchev–Trinajstić information content (AvgIpc) is 3.56. The van der Waals surface area contributed by atoms with E-state index in [0.29, 0.717) is 12.8 Å². The number of anilines is 2. The lowest BCUT2D eigenvalue weighted by Crippen LogP contribution is -2.27. The SMILES string of the molecule is [2H]c1c([2H])c([2H])c(-c2cc(N3CCCC3=O)c(-c3c([2H])c([2H])c([2H])c([2H])c3[2H])cc2N2CCCC2=O)c([2H])c1[2H]. The molecule has 3 aromatic carbocycles. The van der Waals surface area contributed by atoms with Gasteiger partial charge in [0.15, 0.2) is 0 Å². The van der Waals surface area contributed by atoms with Crippen LogP contribution in [-0.4, -0.2) is 24.9 Å². The molecule has 30 heavy (non-hydrogen) atoms. The summed E-state index contributed by atoms with van der Waals surface area (Å²) >= 11 is 0. The molecular weight excluding hydrogens is 372 g/mol. The summed E-state index contributed by atoms with van der Waals surface area (Å²) in [6.07, 6.45) is 1.46. The zero-order chi connectivity index (χ0) is 29.2. The Kier molecular flexibility index (Phi) is 2.75. The van der Waals surface area contributed by atoms with Crippen LogP contribution in [0.2, 0.25) is 0 Å². The van der Waals surface area contributed by atoms with Gasteiger partial charge in [0.25, 0.3) is 0 Å². The Labute approximate surface area is 190 Å². The number of rotatable bonds is 4. The van der Waals surface area contributed by atoms with E-state index in [4.69, 9.17) is 13.7 Å². The molecule has 0 aromatic heterocycles. The minimum Gasteiger partial charge on any atom is -0.312 e. The summed E-state index contributed by atoms with van der Waals surface area (Å²) in [5, 5.41) is 0. The summed E-state index contributed by atoms with van der Waals surface area (Å²) in [4.78, 5) is 28.7. The Morgan fingerprint density at radius 2 is 1.03 bits per heavy atom. The van der Waals surface area contributed by atoms with E-state index in [1.54, 1.807) is 0 Å². The van der Waals surface area contributed by atoms with Crippen molar-refractivity contribution in [2.75, 3.05) is 22.9 Å². The fourth-order valence-electron chi connectivity index (χ4n) is 4.00. The molecule has 0 N–H and O–H groups in total.